The number of rotatable bonds is 6. The van der Waals surface area contributed by atoms with Crippen LogP contribution in [-0.4, -0.2) is 47.2 Å². The van der Waals surface area contributed by atoms with Crippen molar-refractivity contribution in [3.8, 4) is 0 Å². The number of aryl methyl sites for hydroxylation is 1. The van der Waals surface area contributed by atoms with E-state index in [-0.39, 0.29) is 18.5 Å². The van der Waals surface area contributed by atoms with Gasteiger partial charge in [-0.15, -0.1) is 11.3 Å². The van der Waals surface area contributed by atoms with Gasteiger partial charge >= 0.3 is 0 Å². The normalized spacial score (nSPS) is 19.7. The number of nitrogens with zero attached hydrogens (tertiary/aromatic N) is 2. The maximum atomic E-state index is 13.9. The van der Waals surface area contributed by atoms with Gasteiger partial charge in [0.25, 0.3) is 0 Å². The second kappa shape index (κ2) is 8.21. The number of thiophene rings is 1. The Morgan fingerprint density at radius 1 is 1.17 bits per heavy atom. The lowest BCUT2D eigenvalue weighted by Gasteiger charge is -2.41. The van der Waals surface area contributed by atoms with Gasteiger partial charge in [0.1, 0.15) is 5.82 Å². The average molecular weight is 348 g/mol. The summed E-state index contributed by atoms with van der Waals surface area (Å²) < 4.78 is 13.9. The zero-order valence-corrected chi connectivity index (χ0v) is 14.9. The predicted octanol–water partition coefficient (Wildman–Crippen LogP) is 3.26. The van der Waals surface area contributed by atoms with Crippen LogP contribution in [0.5, 0.6) is 0 Å². The van der Waals surface area contributed by atoms with Gasteiger partial charge in [-0.2, -0.15) is 0 Å². The lowest BCUT2D eigenvalue weighted by molar-refractivity contribution is 0.0498. The smallest absolute Gasteiger partial charge is 0.127 e. The summed E-state index contributed by atoms with van der Waals surface area (Å²) in [6.45, 7) is 6.69. The van der Waals surface area contributed by atoms with Gasteiger partial charge in [0.2, 0.25) is 0 Å². The van der Waals surface area contributed by atoms with Gasteiger partial charge in [0.15, 0.2) is 0 Å². The Morgan fingerprint density at radius 3 is 2.71 bits per heavy atom. The number of aliphatic hydroxyl groups is 1. The molecular formula is C19H25FN2OS. The van der Waals surface area contributed by atoms with Gasteiger partial charge in [-0.3, -0.25) is 9.80 Å². The van der Waals surface area contributed by atoms with E-state index < -0.39 is 0 Å². The van der Waals surface area contributed by atoms with Crippen LogP contribution in [0.4, 0.5) is 4.39 Å². The third-order valence-corrected chi connectivity index (χ3v) is 5.64. The quantitative estimate of drug-likeness (QED) is 0.868. The SMILES string of the molecule is Cc1ccc(CN2CCN(Cc3ccccc3F)[C@@H](CCO)C2)s1. The van der Waals surface area contributed by atoms with Crippen molar-refractivity contribution in [3.63, 3.8) is 0 Å². The molecule has 1 fully saturated rings. The van der Waals surface area contributed by atoms with E-state index in [1.54, 1.807) is 6.07 Å². The van der Waals surface area contributed by atoms with Gasteiger partial charge in [0, 0.05) is 60.7 Å². The fourth-order valence-electron chi connectivity index (χ4n) is 3.37. The van der Waals surface area contributed by atoms with Gasteiger partial charge < -0.3 is 5.11 Å². The Balaban J connectivity index is 1.63. The largest absolute Gasteiger partial charge is 0.396 e. The van der Waals surface area contributed by atoms with Crippen molar-refractivity contribution in [2.24, 2.45) is 0 Å². The van der Waals surface area contributed by atoms with Crippen LogP contribution >= 0.6 is 11.3 Å². The highest BCUT2D eigenvalue weighted by molar-refractivity contribution is 7.11. The number of piperazine rings is 1. The Hall–Kier alpha value is -1.27. The molecule has 3 rings (SSSR count). The summed E-state index contributed by atoms with van der Waals surface area (Å²) in [5, 5.41) is 9.42. The highest BCUT2D eigenvalue weighted by Gasteiger charge is 2.27. The van der Waals surface area contributed by atoms with E-state index in [2.05, 4.69) is 28.9 Å². The molecule has 1 N–H and O–H groups in total. The molecule has 2 heterocycles. The minimum atomic E-state index is -0.142. The van der Waals surface area contributed by atoms with Crippen LogP contribution in [0, 0.1) is 12.7 Å². The van der Waals surface area contributed by atoms with Crippen molar-refractivity contribution in [2.75, 3.05) is 26.2 Å². The van der Waals surface area contributed by atoms with Crippen molar-refractivity contribution in [3.05, 3.63) is 57.5 Å². The van der Waals surface area contributed by atoms with Gasteiger partial charge in [-0.05, 0) is 31.5 Å². The summed E-state index contributed by atoms with van der Waals surface area (Å²) >= 11 is 1.85. The third-order valence-electron chi connectivity index (χ3n) is 4.66. The van der Waals surface area contributed by atoms with Gasteiger partial charge in [0.05, 0.1) is 0 Å². The summed E-state index contributed by atoms with van der Waals surface area (Å²) in [5.74, 6) is -0.142. The second-order valence-electron chi connectivity index (χ2n) is 6.48. The molecule has 130 valence electrons. The van der Waals surface area contributed by atoms with Crippen LogP contribution in [0.3, 0.4) is 0 Å². The Labute approximate surface area is 147 Å². The maximum Gasteiger partial charge on any atom is 0.127 e. The second-order valence-corrected chi connectivity index (χ2v) is 7.85. The van der Waals surface area contributed by atoms with Crippen LogP contribution in [0.25, 0.3) is 0 Å². The molecule has 0 radical (unpaired) electrons. The number of hydrogen-bond acceptors (Lipinski definition) is 4. The molecule has 0 saturated carbocycles. The van der Waals surface area contributed by atoms with Crippen molar-refractivity contribution in [2.45, 2.75) is 32.5 Å². The lowest BCUT2D eigenvalue weighted by Crippen LogP contribution is -2.52. The highest BCUT2D eigenvalue weighted by atomic mass is 32.1. The summed E-state index contributed by atoms with van der Waals surface area (Å²) in [4.78, 5) is 7.49. The molecule has 1 aliphatic rings. The monoisotopic (exact) mass is 348 g/mol. The van der Waals surface area contributed by atoms with E-state index in [1.165, 1.54) is 15.8 Å². The van der Waals surface area contributed by atoms with Crippen LogP contribution in [0.2, 0.25) is 0 Å². The standard InChI is InChI=1S/C19H25FN2OS/c1-15-6-7-18(24-15)14-21-9-10-22(17(13-21)8-11-23)12-16-4-2-3-5-19(16)20/h2-7,17,23H,8-14H2,1H3/t17-/m0/s1. The number of halogens is 1. The third kappa shape index (κ3) is 4.42. The molecule has 24 heavy (non-hydrogen) atoms. The minimum Gasteiger partial charge on any atom is -0.396 e. The topological polar surface area (TPSA) is 26.7 Å². The Morgan fingerprint density at radius 2 is 2.00 bits per heavy atom. The fourth-order valence-corrected chi connectivity index (χ4v) is 4.30. The molecular weight excluding hydrogens is 323 g/mol. The van der Waals surface area contributed by atoms with Crippen molar-refractivity contribution in [1.29, 1.82) is 0 Å². The first-order valence-electron chi connectivity index (χ1n) is 8.51. The van der Waals surface area contributed by atoms with E-state index in [4.69, 9.17) is 0 Å². The van der Waals surface area contributed by atoms with E-state index in [0.717, 1.165) is 38.2 Å². The molecule has 0 aliphatic carbocycles. The van der Waals surface area contributed by atoms with Crippen LogP contribution < -0.4 is 0 Å². The van der Waals surface area contributed by atoms with E-state index in [9.17, 15) is 9.50 Å². The Kier molecular flexibility index (Phi) is 6.00. The summed E-state index contributed by atoms with van der Waals surface area (Å²) in [6.07, 6.45) is 0.731. The fraction of sp³-hybridized carbons (Fsp3) is 0.474. The number of aliphatic hydroxyl groups excluding tert-OH is 1. The van der Waals surface area contributed by atoms with Crippen molar-refractivity contribution < 1.29 is 9.50 Å². The molecule has 1 aromatic carbocycles. The summed E-state index contributed by atoms with van der Waals surface area (Å²) in [5.41, 5.74) is 0.739. The molecule has 0 amide bonds. The van der Waals surface area contributed by atoms with Crippen molar-refractivity contribution in [1.82, 2.24) is 9.80 Å². The van der Waals surface area contributed by atoms with Gasteiger partial charge in [-0.25, -0.2) is 4.39 Å². The molecule has 3 nitrogen and oxygen atoms in total. The molecule has 0 bridgehead atoms. The first kappa shape index (κ1) is 17.5. The molecule has 1 aromatic heterocycles. The van der Waals surface area contributed by atoms with Gasteiger partial charge in [-0.1, -0.05) is 18.2 Å². The number of benzene rings is 1. The average Bonchev–Trinajstić information content (AvgIpc) is 2.97. The molecule has 0 spiro atoms. The Bertz CT molecular complexity index is 660. The highest BCUT2D eigenvalue weighted by Crippen LogP contribution is 2.22. The molecule has 1 saturated heterocycles. The summed E-state index contributed by atoms with van der Waals surface area (Å²) in [6, 6.07) is 11.6. The van der Waals surface area contributed by atoms with E-state index in [0.29, 0.717) is 6.54 Å². The van der Waals surface area contributed by atoms with Crippen molar-refractivity contribution >= 4 is 11.3 Å². The first-order valence-corrected chi connectivity index (χ1v) is 9.33. The molecule has 1 aliphatic heterocycles. The zero-order chi connectivity index (χ0) is 16.9. The minimum absolute atomic E-state index is 0.142. The summed E-state index contributed by atoms with van der Waals surface area (Å²) in [7, 11) is 0. The molecule has 2 aromatic rings. The van der Waals surface area contributed by atoms with Crippen LogP contribution in [0.1, 0.15) is 21.7 Å². The molecule has 1 atom stereocenters. The maximum absolute atomic E-state index is 13.9. The molecule has 5 heteroatoms. The predicted molar refractivity (Wildman–Crippen MR) is 96.6 cm³/mol. The first-order chi connectivity index (χ1) is 11.7. The van der Waals surface area contributed by atoms with E-state index >= 15 is 0 Å². The van der Waals surface area contributed by atoms with E-state index in [1.807, 2.05) is 23.5 Å². The van der Waals surface area contributed by atoms with Crippen LogP contribution in [0.15, 0.2) is 36.4 Å². The van der Waals surface area contributed by atoms with Crippen LogP contribution in [-0.2, 0) is 13.1 Å². The lowest BCUT2D eigenvalue weighted by atomic mass is 10.1. The number of hydrogen-bond donors (Lipinski definition) is 1. The zero-order valence-electron chi connectivity index (χ0n) is 14.1. The molecule has 0 unspecified atom stereocenters.